The van der Waals surface area contributed by atoms with Gasteiger partial charge in [0.2, 0.25) is 0 Å². The standard InChI is InChI=1S/C8H11N3S2/c1-13-7-5-3-2-4-6(7)10-8(12)11-9/h2-5H,9H2,1H3,(H2,10,11,12). The lowest BCUT2D eigenvalue weighted by Crippen LogP contribution is -2.34. The molecule has 1 aromatic carbocycles. The minimum Gasteiger partial charge on any atom is -0.331 e. The van der Waals surface area contributed by atoms with Crippen molar-refractivity contribution in [1.29, 1.82) is 0 Å². The van der Waals surface area contributed by atoms with E-state index in [1.165, 1.54) is 0 Å². The highest BCUT2D eigenvalue weighted by Gasteiger charge is 2.00. The van der Waals surface area contributed by atoms with Crippen LogP contribution in [0.1, 0.15) is 0 Å². The number of thioether (sulfide) groups is 1. The third kappa shape index (κ3) is 2.87. The van der Waals surface area contributed by atoms with Crippen LogP contribution in [0.25, 0.3) is 0 Å². The SMILES string of the molecule is CSc1ccccc1NC(=S)NN. The smallest absolute Gasteiger partial charge is 0.185 e. The molecule has 0 aliphatic heterocycles. The Morgan fingerprint density at radius 2 is 2.15 bits per heavy atom. The number of thiocarbonyl (C=S) groups is 1. The van der Waals surface area contributed by atoms with E-state index in [9.17, 15) is 0 Å². The van der Waals surface area contributed by atoms with Gasteiger partial charge in [-0.25, -0.2) is 5.84 Å². The first-order valence-electron chi connectivity index (χ1n) is 3.68. The highest BCUT2D eigenvalue weighted by Crippen LogP contribution is 2.24. The van der Waals surface area contributed by atoms with Crippen LogP contribution in [-0.2, 0) is 0 Å². The summed E-state index contributed by atoms with van der Waals surface area (Å²) < 4.78 is 0. The molecule has 0 radical (unpaired) electrons. The number of anilines is 1. The molecule has 13 heavy (non-hydrogen) atoms. The summed E-state index contributed by atoms with van der Waals surface area (Å²) in [5, 5.41) is 3.40. The number of nitrogens with one attached hydrogen (secondary N) is 2. The fourth-order valence-electron chi connectivity index (χ4n) is 0.906. The average molecular weight is 213 g/mol. The van der Waals surface area contributed by atoms with E-state index in [-0.39, 0.29) is 0 Å². The number of benzene rings is 1. The molecule has 0 bridgehead atoms. The molecule has 0 unspecified atom stereocenters. The Bertz CT molecular complexity index is 301. The van der Waals surface area contributed by atoms with E-state index < -0.39 is 0 Å². The normalized spacial score (nSPS) is 9.38. The molecule has 1 rings (SSSR count). The maximum Gasteiger partial charge on any atom is 0.185 e. The lowest BCUT2D eigenvalue weighted by atomic mass is 10.3. The van der Waals surface area contributed by atoms with Crippen molar-refractivity contribution in [3.63, 3.8) is 0 Å². The molecule has 0 saturated carbocycles. The van der Waals surface area contributed by atoms with Gasteiger partial charge >= 0.3 is 0 Å². The van der Waals surface area contributed by atoms with Crippen molar-refractivity contribution in [2.24, 2.45) is 5.84 Å². The van der Waals surface area contributed by atoms with E-state index in [4.69, 9.17) is 18.1 Å². The van der Waals surface area contributed by atoms with Crippen molar-refractivity contribution < 1.29 is 0 Å². The second kappa shape index (κ2) is 5.06. The van der Waals surface area contributed by atoms with Crippen LogP contribution in [0.5, 0.6) is 0 Å². The summed E-state index contributed by atoms with van der Waals surface area (Å²) in [5.41, 5.74) is 3.35. The number of nitrogens with two attached hydrogens (primary N) is 1. The number of para-hydroxylation sites is 1. The van der Waals surface area contributed by atoms with Crippen LogP contribution < -0.4 is 16.6 Å². The molecule has 1 aromatic rings. The summed E-state index contributed by atoms with van der Waals surface area (Å²) in [5.74, 6) is 5.15. The summed E-state index contributed by atoms with van der Waals surface area (Å²) in [6, 6.07) is 7.90. The predicted octanol–water partition coefficient (Wildman–Crippen LogP) is 1.57. The lowest BCUT2D eigenvalue weighted by Gasteiger charge is -2.09. The summed E-state index contributed by atoms with van der Waals surface area (Å²) in [4.78, 5) is 1.14. The molecule has 3 nitrogen and oxygen atoms in total. The van der Waals surface area contributed by atoms with Gasteiger partial charge in [0.1, 0.15) is 0 Å². The van der Waals surface area contributed by atoms with Gasteiger partial charge in [0.05, 0.1) is 5.69 Å². The van der Waals surface area contributed by atoms with Crippen molar-refractivity contribution in [2.75, 3.05) is 11.6 Å². The van der Waals surface area contributed by atoms with Crippen LogP contribution in [0, 0.1) is 0 Å². The molecular formula is C8H11N3S2. The summed E-state index contributed by atoms with van der Waals surface area (Å²) in [6.07, 6.45) is 2.01. The Morgan fingerprint density at radius 1 is 1.46 bits per heavy atom. The maximum absolute atomic E-state index is 5.15. The first-order chi connectivity index (χ1) is 6.27. The van der Waals surface area contributed by atoms with Crippen LogP contribution in [0.3, 0.4) is 0 Å². The number of rotatable bonds is 2. The third-order valence-electron chi connectivity index (χ3n) is 1.49. The van der Waals surface area contributed by atoms with E-state index in [1.807, 2.05) is 30.5 Å². The molecular weight excluding hydrogens is 202 g/mol. The topological polar surface area (TPSA) is 50.1 Å². The molecule has 0 aromatic heterocycles. The zero-order valence-electron chi connectivity index (χ0n) is 7.20. The van der Waals surface area contributed by atoms with Crippen molar-refractivity contribution >= 4 is 34.8 Å². The largest absolute Gasteiger partial charge is 0.331 e. The Hall–Kier alpha value is -0.780. The fourth-order valence-corrected chi connectivity index (χ4v) is 1.57. The van der Waals surface area contributed by atoms with Crippen molar-refractivity contribution in [2.45, 2.75) is 4.90 Å². The Kier molecular flexibility index (Phi) is 4.01. The minimum atomic E-state index is 0.418. The number of hydrogen-bond donors (Lipinski definition) is 3. The molecule has 5 heteroatoms. The van der Waals surface area contributed by atoms with E-state index in [0.717, 1.165) is 10.6 Å². The second-order valence-electron chi connectivity index (χ2n) is 2.30. The molecule has 0 aliphatic carbocycles. The number of hydrazine groups is 1. The second-order valence-corrected chi connectivity index (χ2v) is 3.56. The first kappa shape index (κ1) is 10.3. The molecule has 4 N–H and O–H groups in total. The highest BCUT2D eigenvalue weighted by molar-refractivity contribution is 7.98. The highest BCUT2D eigenvalue weighted by atomic mass is 32.2. The van der Waals surface area contributed by atoms with Gasteiger partial charge in [-0.15, -0.1) is 11.8 Å². The van der Waals surface area contributed by atoms with E-state index in [0.29, 0.717) is 5.11 Å². The van der Waals surface area contributed by atoms with Crippen LogP contribution in [0.15, 0.2) is 29.2 Å². The molecule has 0 heterocycles. The van der Waals surface area contributed by atoms with E-state index in [1.54, 1.807) is 11.8 Å². The van der Waals surface area contributed by atoms with E-state index >= 15 is 0 Å². The summed E-state index contributed by atoms with van der Waals surface area (Å²) in [7, 11) is 0. The van der Waals surface area contributed by atoms with Gasteiger partial charge in [-0.05, 0) is 30.6 Å². The van der Waals surface area contributed by atoms with Gasteiger partial charge in [0.25, 0.3) is 0 Å². The van der Waals surface area contributed by atoms with Crippen LogP contribution in [0.2, 0.25) is 0 Å². The Labute approximate surface area is 87.1 Å². The maximum atomic E-state index is 5.15. The molecule has 0 atom stereocenters. The third-order valence-corrected chi connectivity index (χ3v) is 2.50. The van der Waals surface area contributed by atoms with Crippen LogP contribution >= 0.6 is 24.0 Å². The van der Waals surface area contributed by atoms with Gasteiger partial charge in [-0.2, -0.15) is 0 Å². The molecule has 70 valence electrons. The summed E-state index contributed by atoms with van der Waals surface area (Å²) in [6.45, 7) is 0. The molecule has 0 amide bonds. The average Bonchev–Trinajstić information content (AvgIpc) is 2.18. The van der Waals surface area contributed by atoms with Gasteiger partial charge in [-0.3, -0.25) is 0 Å². The van der Waals surface area contributed by atoms with Crippen molar-refractivity contribution in [3.05, 3.63) is 24.3 Å². The molecule has 0 fully saturated rings. The first-order valence-corrected chi connectivity index (χ1v) is 5.32. The monoisotopic (exact) mass is 213 g/mol. The zero-order valence-corrected chi connectivity index (χ0v) is 8.84. The van der Waals surface area contributed by atoms with Crippen LogP contribution in [-0.4, -0.2) is 11.4 Å². The Morgan fingerprint density at radius 3 is 2.77 bits per heavy atom. The Balaban J connectivity index is 2.81. The quantitative estimate of drug-likeness (QED) is 0.301. The van der Waals surface area contributed by atoms with Crippen molar-refractivity contribution in [1.82, 2.24) is 5.43 Å². The van der Waals surface area contributed by atoms with Gasteiger partial charge < -0.3 is 10.7 Å². The predicted molar refractivity (Wildman–Crippen MR) is 61.8 cm³/mol. The zero-order chi connectivity index (χ0) is 9.68. The van der Waals surface area contributed by atoms with Gasteiger partial charge in [0, 0.05) is 4.90 Å². The van der Waals surface area contributed by atoms with Crippen LogP contribution in [0.4, 0.5) is 5.69 Å². The van der Waals surface area contributed by atoms with Gasteiger partial charge in [0.15, 0.2) is 5.11 Å². The molecule has 0 aliphatic rings. The summed E-state index contributed by atoms with van der Waals surface area (Å²) >= 11 is 6.55. The molecule has 0 saturated heterocycles. The minimum absolute atomic E-state index is 0.418. The fraction of sp³-hybridized carbons (Fsp3) is 0.125. The van der Waals surface area contributed by atoms with E-state index in [2.05, 4.69) is 10.7 Å². The lowest BCUT2D eigenvalue weighted by molar-refractivity contribution is 1.04. The van der Waals surface area contributed by atoms with Crippen molar-refractivity contribution in [3.8, 4) is 0 Å². The van der Waals surface area contributed by atoms with Gasteiger partial charge in [-0.1, -0.05) is 12.1 Å². The molecule has 0 spiro atoms. The number of hydrogen-bond acceptors (Lipinski definition) is 3.